The van der Waals surface area contributed by atoms with E-state index in [1.807, 2.05) is 29.6 Å². The molecule has 0 spiro atoms. The fourth-order valence-corrected chi connectivity index (χ4v) is 6.98. The monoisotopic (exact) mass is 591 g/mol. The highest BCUT2D eigenvalue weighted by atomic mass is 32.1. The van der Waals surface area contributed by atoms with Gasteiger partial charge in [0.05, 0.1) is 25.9 Å². The highest BCUT2D eigenvalue weighted by Gasteiger charge is 2.47. The summed E-state index contributed by atoms with van der Waals surface area (Å²) >= 11 is 1.42. The summed E-state index contributed by atoms with van der Waals surface area (Å²) in [6.45, 7) is 2.12. The van der Waals surface area contributed by atoms with Crippen molar-refractivity contribution in [1.82, 2.24) is 9.58 Å². The van der Waals surface area contributed by atoms with Crippen LogP contribution in [0.4, 0.5) is 13.6 Å². The summed E-state index contributed by atoms with van der Waals surface area (Å²) in [5, 5.41) is 3.64. The van der Waals surface area contributed by atoms with Crippen LogP contribution in [0.15, 0.2) is 64.9 Å². The maximum Gasteiger partial charge on any atom is 0.514 e. The number of morpholine rings is 1. The molecule has 3 aliphatic rings. The molecule has 1 fully saturated rings. The van der Waals surface area contributed by atoms with Crippen molar-refractivity contribution in [3.63, 3.8) is 0 Å². The smallest absolute Gasteiger partial charge is 0.434 e. The van der Waals surface area contributed by atoms with Crippen LogP contribution < -0.4 is 15.2 Å². The quantitative estimate of drug-likeness (QED) is 0.313. The van der Waals surface area contributed by atoms with E-state index in [9.17, 15) is 18.8 Å². The molecule has 2 aliphatic heterocycles. The van der Waals surface area contributed by atoms with Crippen LogP contribution in [0.5, 0.6) is 5.75 Å². The minimum atomic E-state index is -1.13. The second-order valence-corrected chi connectivity index (χ2v) is 10.8. The van der Waals surface area contributed by atoms with Gasteiger partial charge in [0.1, 0.15) is 6.17 Å². The van der Waals surface area contributed by atoms with Crippen LogP contribution in [0.1, 0.15) is 34.6 Å². The highest BCUT2D eigenvalue weighted by molar-refractivity contribution is 7.14. The van der Waals surface area contributed by atoms with E-state index < -0.39 is 47.1 Å². The van der Waals surface area contributed by atoms with E-state index in [-0.39, 0.29) is 37.6 Å². The van der Waals surface area contributed by atoms with Crippen molar-refractivity contribution in [2.24, 2.45) is 0 Å². The Kier molecular flexibility index (Phi) is 6.32. The molecule has 2 atom stereocenters. The van der Waals surface area contributed by atoms with E-state index in [2.05, 4.69) is 0 Å². The van der Waals surface area contributed by atoms with Crippen LogP contribution in [-0.4, -0.2) is 54.2 Å². The molecule has 9 nitrogen and oxygen atoms in total. The molecular weight excluding hydrogens is 568 g/mol. The van der Waals surface area contributed by atoms with E-state index in [1.165, 1.54) is 28.3 Å². The number of pyridine rings is 1. The minimum Gasteiger partial charge on any atom is -0.434 e. The first-order chi connectivity index (χ1) is 20.4. The predicted octanol–water partition coefficient (Wildman–Crippen LogP) is 4.91. The third-order valence-corrected chi connectivity index (χ3v) is 8.67. The van der Waals surface area contributed by atoms with Gasteiger partial charge in [-0.1, -0.05) is 30.3 Å². The SMILES string of the molecule is CCOC(=O)Oc1c2n(ccc1=O)N(C1c3ccccc3-c3sccc3-c3c1ccc(F)c3F)C1COCCN1C2=O. The zero-order valence-electron chi connectivity index (χ0n) is 22.2. The number of fused-ring (bicyclic) bond motifs is 7. The van der Waals surface area contributed by atoms with Crippen molar-refractivity contribution >= 4 is 23.4 Å². The molecule has 1 aliphatic carbocycles. The molecule has 4 heterocycles. The maximum atomic E-state index is 15.8. The third-order valence-electron chi connectivity index (χ3n) is 7.72. The first kappa shape index (κ1) is 26.4. The Labute approximate surface area is 242 Å². The number of halogens is 2. The molecular formula is C30H23F2N3O6S. The molecule has 7 rings (SSSR count). The second-order valence-electron chi connectivity index (χ2n) is 9.90. The van der Waals surface area contributed by atoms with E-state index in [0.29, 0.717) is 11.1 Å². The van der Waals surface area contributed by atoms with E-state index >= 15 is 4.39 Å². The van der Waals surface area contributed by atoms with Gasteiger partial charge in [0, 0.05) is 34.8 Å². The number of carbonyl (C=O) groups is 2. The van der Waals surface area contributed by atoms with Gasteiger partial charge >= 0.3 is 6.16 Å². The topological polar surface area (TPSA) is 90.3 Å². The molecule has 2 aromatic heterocycles. The van der Waals surface area contributed by atoms with Crippen LogP contribution in [0.25, 0.3) is 21.6 Å². The van der Waals surface area contributed by atoms with Crippen LogP contribution in [0.3, 0.4) is 0 Å². The molecule has 12 heteroatoms. The van der Waals surface area contributed by atoms with Gasteiger partial charge in [-0.05, 0) is 41.1 Å². The Morgan fingerprint density at radius 3 is 2.74 bits per heavy atom. The summed E-state index contributed by atoms with van der Waals surface area (Å²) in [5.41, 5.74) is 1.82. The molecule has 0 bridgehead atoms. The second kappa shape index (κ2) is 10.1. The predicted molar refractivity (Wildman–Crippen MR) is 149 cm³/mol. The van der Waals surface area contributed by atoms with E-state index in [4.69, 9.17) is 14.2 Å². The zero-order chi connectivity index (χ0) is 29.1. The molecule has 0 N–H and O–H groups in total. The van der Waals surface area contributed by atoms with Crippen LogP contribution in [-0.2, 0) is 9.47 Å². The number of nitrogens with zero attached hydrogens (tertiary/aromatic N) is 3. The number of hydrogen-bond donors (Lipinski definition) is 0. The first-order valence-electron chi connectivity index (χ1n) is 13.3. The average Bonchev–Trinajstić information content (AvgIpc) is 3.43. The molecule has 2 aromatic carbocycles. The molecule has 2 unspecified atom stereocenters. The average molecular weight is 592 g/mol. The standard InChI is InChI=1S/C30H23F2N3O6S/c1-2-40-30(38)41-27-21(36)9-11-34-26(27)29(37)33-12-13-39-15-22(33)35(34)25-16-5-3-4-6-17(16)28-19(10-14-42-28)23-18(25)7-8-20(31)24(23)32/h3-11,14,22,25H,2,12-13,15H2,1H3. The molecule has 42 heavy (non-hydrogen) atoms. The molecule has 4 aromatic rings. The van der Waals surface area contributed by atoms with Crippen LogP contribution >= 0.6 is 11.3 Å². The summed E-state index contributed by atoms with van der Waals surface area (Å²) < 4.78 is 48.1. The zero-order valence-corrected chi connectivity index (χ0v) is 23.0. The Morgan fingerprint density at radius 2 is 1.90 bits per heavy atom. The Balaban J connectivity index is 1.54. The minimum absolute atomic E-state index is 0.00267. The summed E-state index contributed by atoms with van der Waals surface area (Å²) in [4.78, 5) is 41.6. The van der Waals surface area contributed by atoms with Crippen molar-refractivity contribution < 1.29 is 32.6 Å². The summed E-state index contributed by atoms with van der Waals surface area (Å²) in [7, 11) is 0. The van der Waals surface area contributed by atoms with Gasteiger partial charge < -0.3 is 19.1 Å². The summed E-state index contributed by atoms with van der Waals surface area (Å²) in [6.07, 6.45) is -0.409. The van der Waals surface area contributed by atoms with Gasteiger partial charge in [0.15, 0.2) is 17.3 Å². The molecule has 0 radical (unpaired) electrons. The van der Waals surface area contributed by atoms with Crippen molar-refractivity contribution in [2.75, 3.05) is 31.4 Å². The lowest BCUT2D eigenvalue weighted by molar-refractivity contribution is -0.0197. The number of thiophene rings is 1. The Bertz CT molecular complexity index is 1820. The molecule has 0 saturated carbocycles. The Morgan fingerprint density at radius 1 is 1.07 bits per heavy atom. The summed E-state index contributed by atoms with van der Waals surface area (Å²) in [5.74, 6) is -2.99. The number of aromatic nitrogens is 1. The van der Waals surface area contributed by atoms with Gasteiger partial charge in [0.2, 0.25) is 11.2 Å². The van der Waals surface area contributed by atoms with Crippen molar-refractivity contribution in [3.05, 3.63) is 98.8 Å². The van der Waals surface area contributed by atoms with E-state index in [1.54, 1.807) is 29.0 Å². The summed E-state index contributed by atoms with van der Waals surface area (Å²) in [6, 6.07) is 12.4. The molecule has 1 amide bonds. The Hall–Kier alpha value is -4.55. The fraction of sp³-hybridized carbons (Fsp3) is 0.233. The van der Waals surface area contributed by atoms with Gasteiger partial charge in [-0.2, -0.15) is 0 Å². The van der Waals surface area contributed by atoms with Crippen LogP contribution in [0, 0.1) is 11.6 Å². The maximum absolute atomic E-state index is 15.8. The molecule has 1 saturated heterocycles. The van der Waals surface area contributed by atoms with Gasteiger partial charge in [-0.15, -0.1) is 11.3 Å². The number of amides is 1. The number of rotatable bonds is 3. The van der Waals surface area contributed by atoms with Crippen molar-refractivity contribution in [3.8, 4) is 27.3 Å². The number of ether oxygens (including phenoxy) is 3. The number of hydrogen-bond acceptors (Lipinski definition) is 8. The lowest BCUT2D eigenvalue weighted by Crippen LogP contribution is -2.66. The van der Waals surface area contributed by atoms with E-state index in [0.717, 1.165) is 22.1 Å². The number of carbonyl (C=O) groups excluding carboxylic acids is 2. The van der Waals surface area contributed by atoms with Crippen molar-refractivity contribution in [2.45, 2.75) is 19.1 Å². The van der Waals surface area contributed by atoms with Gasteiger partial charge in [-0.3, -0.25) is 19.3 Å². The lowest BCUT2D eigenvalue weighted by Gasteiger charge is -2.51. The lowest BCUT2D eigenvalue weighted by atomic mass is 9.92. The van der Waals surface area contributed by atoms with Gasteiger partial charge in [-0.25, -0.2) is 13.6 Å². The normalized spacial score (nSPS) is 18.7. The molecule has 214 valence electrons. The largest absolute Gasteiger partial charge is 0.514 e. The third kappa shape index (κ3) is 3.86. The number of benzene rings is 2. The highest BCUT2D eigenvalue weighted by Crippen LogP contribution is 2.51. The van der Waals surface area contributed by atoms with Gasteiger partial charge in [0.25, 0.3) is 5.91 Å². The van der Waals surface area contributed by atoms with Crippen molar-refractivity contribution in [1.29, 1.82) is 0 Å². The fourth-order valence-electron chi connectivity index (χ4n) is 6.03. The first-order valence-corrected chi connectivity index (χ1v) is 14.2. The van der Waals surface area contributed by atoms with Crippen LogP contribution in [0.2, 0.25) is 0 Å².